The highest BCUT2D eigenvalue weighted by molar-refractivity contribution is 6.00. The van der Waals surface area contributed by atoms with Crippen LogP contribution in [-0.2, 0) is 9.59 Å². The van der Waals surface area contributed by atoms with Crippen LogP contribution in [0.5, 0.6) is 5.75 Å². The Morgan fingerprint density at radius 3 is 2.50 bits per heavy atom. The molecule has 0 heterocycles. The van der Waals surface area contributed by atoms with Crippen molar-refractivity contribution in [3.63, 3.8) is 0 Å². The topological polar surface area (TPSA) is 67.4 Å². The molecule has 0 aliphatic carbocycles. The van der Waals surface area contributed by atoms with Crippen LogP contribution < -0.4 is 15.4 Å². The molecule has 5 nitrogen and oxygen atoms in total. The molecule has 0 radical (unpaired) electrons. The maximum absolute atomic E-state index is 13.3. The fraction of sp³-hybridized carbons (Fsp3) is 0.200. The quantitative estimate of drug-likeness (QED) is 0.781. The van der Waals surface area contributed by atoms with Gasteiger partial charge in [0.15, 0.2) is 0 Å². The molecule has 2 rings (SSSR count). The van der Waals surface area contributed by atoms with Gasteiger partial charge in [-0.25, -0.2) is 4.39 Å². The van der Waals surface area contributed by atoms with E-state index < -0.39 is 23.7 Å². The van der Waals surface area contributed by atoms with Gasteiger partial charge in [0.1, 0.15) is 17.6 Å². The summed E-state index contributed by atoms with van der Waals surface area (Å²) in [6, 6.07) is 10.6. The molecule has 1 unspecified atom stereocenters. The minimum atomic E-state index is -0.773. The third-order valence-corrected chi connectivity index (χ3v) is 3.75. The Kier molecular flexibility index (Phi) is 6.49. The molecule has 1 atom stereocenters. The van der Waals surface area contributed by atoms with Crippen molar-refractivity contribution in [2.24, 2.45) is 0 Å². The first kappa shape index (κ1) is 19.2. The van der Waals surface area contributed by atoms with E-state index >= 15 is 0 Å². The van der Waals surface area contributed by atoms with Crippen LogP contribution in [0.25, 0.3) is 6.08 Å². The van der Waals surface area contributed by atoms with Gasteiger partial charge in [-0.15, -0.1) is 0 Å². The van der Waals surface area contributed by atoms with Crippen molar-refractivity contribution < 1.29 is 18.7 Å². The third kappa shape index (κ3) is 5.44. The van der Waals surface area contributed by atoms with E-state index in [1.807, 2.05) is 12.1 Å². The molecule has 0 aliphatic heterocycles. The summed E-state index contributed by atoms with van der Waals surface area (Å²) < 4.78 is 18.3. The molecule has 2 aromatic carbocycles. The second-order valence-electron chi connectivity index (χ2n) is 5.79. The standard InChI is InChI=1S/C20H21FN2O3/c1-13-4-8-16(21)12-18(13)23-20(25)14(2)22-19(24)11-7-15-5-9-17(26-3)10-6-15/h4-12,14H,1-3H3,(H,22,24)(H,23,25)/b11-7+. The zero-order chi connectivity index (χ0) is 19.1. The van der Waals surface area contributed by atoms with Crippen LogP contribution in [0, 0.1) is 12.7 Å². The SMILES string of the molecule is COc1ccc(/C=C/C(=O)NC(C)C(=O)Nc2cc(F)ccc2C)cc1. The van der Waals surface area contributed by atoms with Gasteiger partial charge in [0, 0.05) is 11.8 Å². The summed E-state index contributed by atoms with van der Waals surface area (Å²) in [5, 5.41) is 5.18. The van der Waals surface area contributed by atoms with Gasteiger partial charge in [0.2, 0.25) is 11.8 Å². The highest BCUT2D eigenvalue weighted by Crippen LogP contribution is 2.16. The lowest BCUT2D eigenvalue weighted by Gasteiger charge is -2.14. The second kappa shape index (κ2) is 8.80. The molecule has 0 aromatic heterocycles. The van der Waals surface area contributed by atoms with Crippen LogP contribution in [-0.4, -0.2) is 25.0 Å². The summed E-state index contributed by atoms with van der Waals surface area (Å²) in [6.45, 7) is 3.32. The predicted octanol–water partition coefficient (Wildman–Crippen LogP) is 3.30. The fourth-order valence-electron chi connectivity index (χ4n) is 2.18. The number of nitrogens with one attached hydrogen (secondary N) is 2. The predicted molar refractivity (Wildman–Crippen MR) is 99.4 cm³/mol. The number of halogens is 1. The van der Waals surface area contributed by atoms with Crippen LogP contribution in [0.2, 0.25) is 0 Å². The van der Waals surface area contributed by atoms with Crippen molar-refractivity contribution in [3.8, 4) is 5.75 Å². The zero-order valence-corrected chi connectivity index (χ0v) is 14.9. The summed E-state index contributed by atoms with van der Waals surface area (Å²) in [6.07, 6.45) is 2.98. The summed E-state index contributed by atoms with van der Waals surface area (Å²) >= 11 is 0. The number of amides is 2. The van der Waals surface area contributed by atoms with E-state index in [0.29, 0.717) is 5.69 Å². The highest BCUT2D eigenvalue weighted by Gasteiger charge is 2.15. The van der Waals surface area contributed by atoms with E-state index in [1.54, 1.807) is 45.2 Å². The summed E-state index contributed by atoms with van der Waals surface area (Å²) in [5.41, 5.74) is 1.94. The van der Waals surface area contributed by atoms with Crippen LogP contribution in [0.4, 0.5) is 10.1 Å². The summed E-state index contributed by atoms with van der Waals surface area (Å²) in [5.74, 6) is -0.543. The molecule has 0 saturated carbocycles. The number of carbonyl (C=O) groups is 2. The van der Waals surface area contributed by atoms with Gasteiger partial charge in [-0.3, -0.25) is 9.59 Å². The summed E-state index contributed by atoms with van der Waals surface area (Å²) in [4.78, 5) is 24.1. The Bertz CT molecular complexity index is 816. The monoisotopic (exact) mass is 356 g/mol. The molecule has 0 saturated heterocycles. The lowest BCUT2D eigenvalue weighted by Crippen LogP contribution is -2.41. The fourth-order valence-corrected chi connectivity index (χ4v) is 2.18. The van der Waals surface area contributed by atoms with Gasteiger partial charge < -0.3 is 15.4 Å². The zero-order valence-electron chi connectivity index (χ0n) is 14.9. The molecule has 0 bridgehead atoms. The first-order chi connectivity index (χ1) is 12.4. The van der Waals surface area contributed by atoms with Gasteiger partial charge >= 0.3 is 0 Å². The molecule has 2 N–H and O–H groups in total. The summed E-state index contributed by atoms with van der Waals surface area (Å²) in [7, 11) is 1.58. The molecule has 2 aromatic rings. The minimum absolute atomic E-state index is 0.380. The van der Waals surface area contributed by atoms with Crippen molar-refractivity contribution >= 4 is 23.6 Å². The molecule has 0 aliphatic rings. The number of hydrogen-bond acceptors (Lipinski definition) is 3. The number of methoxy groups -OCH3 is 1. The van der Waals surface area contributed by atoms with Crippen LogP contribution in [0.3, 0.4) is 0 Å². The maximum atomic E-state index is 13.3. The van der Waals surface area contributed by atoms with Crippen molar-refractivity contribution in [1.29, 1.82) is 0 Å². The smallest absolute Gasteiger partial charge is 0.246 e. The van der Waals surface area contributed by atoms with E-state index in [-0.39, 0.29) is 0 Å². The van der Waals surface area contributed by atoms with Crippen molar-refractivity contribution in [2.75, 3.05) is 12.4 Å². The molecule has 6 heteroatoms. The Morgan fingerprint density at radius 1 is 1.15 bits per heavy atom. The molecular formula is C20H21FN2O3. The lowest BCUT2D eigenvalue weighted by molar-refractivity contribution is -0.123. The molecule has 136 valence electrons. The third-order valence-electron chi connectivity index (χ3n) is 3.75. The first-order valence-corrected chi connectivity index (χ1v) is 8.08. The number of anilines is 1. The van der Waals surface area contributed by atoms with E-state index in [4.69, 9.17) is 4.74 Å². The average Bonchev–Trinajstić information content (AvgIpc) is 2.63. The van der Waals surface area contributed by atoms with Gasteiger partial charge in [-0.05, 0) is 55.3 Å². The molecule has 0 fully saturated rings. The molecule has 0 spiro atoms. The Morgan fingerprint density at radius 2 is 1.85 bits per heavy atom. The number of carbonyl (C=O) groups excluding carboxylic acids is 2. The van der Waals surface area contributed by atoms with Gasteiger partial charge in [-0.2, -0.15) is 0 Å². The van der Waals surface area contributed by atoms with E-state index in [2.05, 4.69) is 10.6 Å². The van der Waals surface area contributed by atoms with Crippen molar-refractivity contribution in [2.45, 2.75) is 19.9 Å². The number of rotatable bonds is 6. The van der Waals surface area contributed by atoms with Crippen molar-refractivity contribution in [3.05, 3.63) is 65.5 Å². The van der Waals surface area contributed by atoms with Crippen LogP contribution >= 0.6 is 0 Å². The Labute approximate surface area is 151 Å². The second-order valence-corrected chi connectivity index (χ2v) is 5.79. The van der Waals surface area contributed by atoms with Crippen LogP contribution in [0.1, 0.15) is 18.1 Å². The van der Waals surface area contributed by atoms with E-state index in [9.17, 15) is 14.0 Å². The minimum Gasteiger partial charge on any atom is -0.497 e. The molecular weight excluding hydrogens is 335 g/mol. The Hall–Kier alpha value is -3.15. The number of hydrogen-bond donors (Lipinski definition) is 2. The largest absolute Gasteiger partial charge is 0.497 e. The average molecular weight is 356 g/mol. The first-order valence-electron chi connectivity index (χ1n) is 8.08. The highest BCUT2D eigenvalue weighted by atomic mass is 19.1. The van der Waals surface area contributed by atoms with Crippen LogP contribution in [0.15, 0.2) is 48.5 Å². The molecule has 2 amide bonds. The number of benzene rings is 2. The number of aryl methyl sites for hydroxylation is 1. The lowest BCUT2D eigenvalue weighted by atomic mass is 10.2. The van der Waals surface area contributed by atoms with Gasteiger partial charge in [0.05, 0.1) is 7.11 Å². The van der Waals surface area contributed by atoms with E-state index in [1.165, 1.54) is 18.2 Å². The number of ether oxygens (including phenoxy) is 1. The van der Waals surface area contributed by atoms with Gasteiger partial charge in [0.25, 0.3) is 0 Å². The van der Waals surface area contributed by atoms with Crippen molar-refractivity contribution in [1.82, 2.24) is 5.32 Å². The normalized spacial score (nSPS) is 11.8. The van der Waals surface area contributed by atoms with E-state index in [0.717, 1.165) is 16.9 Å². The Balaban J connectivity index is 1.91. The molecule has 26 heavy (non-hydrogen) atoms. The van der Waals surface area contributed by atoms with Gasteiger partial charge in [-0.1, -0.05) is 18.2 Å². The maximum Gasteiger partial charge on any atom is 0.246 e.